The van der Waals surface area contributed by atoms with Crippen LogP contribution in [0, 0.1) is 0 Å². The van der Waals surface area contributed by atoms with E-state index in [2.05, 4.69) is 81.5 Å². The van der Waals surface area contributed by atoms with Crippen molar-refractivity contribution in [3.05, 3.63) is 60.8 Å². The van der Waals surface area contributed by atoms with Gasteiger partial charge in [-0.05, 0) is 89.9 Å². The molecule has 80 heavy (non-hydrogen) atoms. The number of hydrogen-bond donors (Lipinski definition) is 0. The van der Waals surface area contributed by atoms with Gasteiger partial charge in [0.05, 0.1) is 0 Å². The molecule has 6 heteroatoms. The van der Waals surface area contributed by atoms with Gasteiger partial charge in [-0.25, -0.2) is 0 Å². The Morgan fingerprint density at radius 1 is 0.250 bits per heavy atom. The van der Waals surface area contributed by atoms with Crippen molar-refractivity contribution in [1.29, 1.82) is 0 Å². The second kappa shape index (κ2) is 68.6. The van der Waals surface area contributed by atoms with Gasteiger partial charge in [0.15, 0.2) is 6.10 Å². The van der Waals surface area contributed by atoms with Crippen molar-refractivity contribution in [1.82, 2.24) is 0 Å². The number of ether oxygens (including phenoxy) is 3. The maximum atomic E-state index is 12.9. The van der Waals surface area contributed by atoms with Gasteiger partial charge in [0.25, 0.3) is 0 Å². The third kappa shape index (κ3) is 65.9. The van der Waals surface area contributed by atoms with Crippen LogP contribution in [0.5, 0.6) is 0 Å². The fourth-order valence-corrected chi connectivity index (χ4v) is 10.4. The average molecular weight is 1120 g/mol. The van der Waals surface area contributed by atoms with Gasteiger partial charge in [0.2, 0.25) is 0 Å². The minimum Gasteiger partial charge on any atom is -0.462 e. The quantitative estimate of drug-likeness (QED) is 0.0261. The first-order valence-electron chi connectivity index (χ1n) is 35.3. The summed E-state index contributed by atoms with van der Waals surface area (Å²) in [7, 11) is 0. The Balaban J connectivity index is 3.98. The molecule has 0 aromatic carbocycles. The minimum absolute atomic E-state index is 0.0707. The van der Waals surface area contributed by atoms with E-state index in [-0.39, 0.29) is 31.1 Å². The van der Waals surface area contributed by atoms with Gasteiger partial charge in [0.1, 0.15) is 13.2 Å². The van der Waals surface area contributed by atoms with E-state index in [1.165, 1.54) is 257 Å². The maximum Gasteiger partial charge on any atom is 0.306 e. The van der Waals surface area contributed by atoms with E-state index >= 15 is 0 Å². The van der Waals surface area contributed by atoms with Crippen LogP contribution in [0.4, 0.5) is 0 Å². The Hall–Kier alpha value is -2.89. The molecule has 0 bridgehead atoms. The van der Waals surface area contributed by atoms with Crippen LogP contribution in [0.1, 0.15) is 374 Å². The van der Waals surface area contributed by atoms with E-state index in [1.54, 1.807) is 0 Å². The van der Waals surface area contributed by atoms with E-state index in [4.69, 9.17) is 14.2 Å². The SMILES string of the molecule is CCCCCCC/C=C\C/C=C\C/C=C\CCCCCCCCCCCCCCCCCCCCC(=O)OCC(COC(=O)CCCCCCCC)OC(=O)CCCCCCCCCCCCC/C=C\C/C=C\CCCCCCC. The normalized spacial score (nSPS) is 12.4. The van der Waals surface area contributed by atoms with Crippen LogP contribution in [0.15, 0.2) is 60.8 Å². The van der Waals surface area contributed by atoms with Gasteiger partial charge in [-0.3, -0.25) is 14.4 Å². The van der Waals surface area contributed by atoms with Gasteiger partial charge < -0.3 is 14.2 Å². The third-order valence-electron chi connectivity index (χ3n) is 15.7. The topological polar surface area (TPSA) is 78.9 Å². The van der Waals surface area contributed by atoms with E-state index in [0.29, 0.717) is 19.3 Å². The van der Waals surface area contributed by atoms with Crippen LogP contribution in [0.3, 0.4) is 0 Å². The lowest BCUT2D eigenvalue weighted by molar-refractivity contribution is -0.167. The first-order valence-corrected chi connectivity index (χ1v) is 35.3. The summed E-state index contributed by atoms with van der Waals surface area (Å²) in [6, 6.07) is 0. The maximum absolute atomic E-state index is 12.9. The molecule has 0 aliphatic heterocycles. The first-order chi connectivity index (χ1) is 39.5. The first kappa shape index (κ1) is 77.1. The smallest absolute Gasteiger partial charge is 0.306 e. The van der Waals surface area contributed by atoms with E-state index < -0.39 is 6.10 Å². The number of allylic oxidation sites excluding steroid dienone is 10. The molecule has 1 unspecified atom stereocenters. The largest absolute Gasteiger partial charge is 0.462 e. The Kier molecular flexibility index (Phi) is 66.1. The molecule has 0 rings (SSSR count). The average Bonchev–Trinajstić information content (AvgIpc) is 3.46. The standard InChI is InChI=1S/C74H134O6/c1-4-7-10-13-16-18-20-22-24-26-28-30-32-33-34-35-36-37-38-39-40-41-43-44-46-48-50-52-54-56-58-61-64-67-73(76)79-70-71(69-78-72(75)66-63-60-15-12-9-6-3)80-74(77)68-65-62-59-57-55-53-51-49-47-45-42-31-29-27-25-23-21-19-17-14-11-8-5-2/h20-23,26-29,32-33,71H,4-19,24-25,30-31,34-70H2,1-3H3/b22-20-,23-21-,28-26-,29-27-,33-32-. The summed E-state index contributed by atoms with van der Waals surface area (Å²) in [4.78, 5) is 38.1. The highest BCUT2D eigenvalue weighted by molar-refractivity contribution is 5.71. The Bertz CT molecular complexity index is 1430. The molecule has 466 valence electrons. The van der Waals surface area contributed by atoms with Crippen LogP contribution in [0.25, 0.3) is 0 Å². The Morgan fingerprint density at radius 3 is 0.700 bits per heavy atom. The summed E-state index contributed by atoms with van der Waals surface area (Å²) in [6.45, 7) is 6.61. The van der Waals surface area contributed by atoms with Crippen molar-refractivity contribution >= 4 is 17.9 Å². The molecule has 0 spiro atoms. The molecule has 6 nitrogen and oxygen atoms in total. The lowest BCUT2D eigenvalue weighted by atomic mass is 10.0. The summed E-state index contributed by atoms with van der Waals surface area (Å²) in [5.74, 6) is -0.863. The molecule has 0 aliphatic carbocycles. The van der Waals surface area contributed by atoms with E-state index in [1.807, 2.05) is 0 Å². The van der Waals surface area contributed by atoms with Crippen LogP contribution >= 0.6 is 0 Å². The Labute approximate surface area is 498 Å². The van der Waals surface area contributed by atoms with Crippen molar-refractivity contribution in [2.75, 3.05) is 13.2 Å². The lowest BCUT2D eigenvalue weighted by Gasteiger charge is -2.18. The molecule has 0 aliphatic rings. The van der Waals surface area contributed by atoms with Crippen molar-refractivity contribution in [2.45, 2.75) is 380 Å². The minimum atomic E-state index is -0.771. The summed E-state index contributed by atoms with van der Waals surface area (Å²) in [6.07, 6.45) is 88.6. The number of carbonyl (C=O) groups is 3. The number of hydrogen-bond acceptors (Lipinski definition) is 6. The van der Waals surface area contributed by atoms with Crippen LogP contribution in [0.2, 0.25) is 0 Å². The van der Waals surface area contributed by atoms with Crippen LogP contribution < -0.4 is 0 Å². The van der Waals surface area contributed by atoms with Gasteiger partial charge >= 0.3 is 17.9 Å². The zero-order valence-corrected chi connectivity index (χ0v) is 53.6. The van der Waals surface area contributed by atoms with Gasteiger partial charge in [-0.2, -0.15) is 0 Å². The summed E-state index contributed by atoms with van der Waals surface area (Å²) in [5, 5.41) is 0. The van der Waals surface area contributed by atoms with Crippen molar-refractivity contribution < 1.29 is 28.6 Å². The van der Waals surface area contributed by atoms with Crippen molar-refractivity contribution in [3.8, 4) is 0 Å². The Morgan fingerprint density at radius 2 is 0.450 bits per heavy atom. The molecular weight excluding hydrogens is 985 g/mol. The predicted molar refractivity (Wildman–Crippen MR) is 348 cm³/mol. The number of carbonyl (C=O) groups excluding carboxylic acids is 3. The molecule has 0 saturated heterocycles. The second-order valence-corrected chi connectivity index (χ2v) is 23.8. The molecule has 0 radical (unpaired) electrons. The van der Waals surface area contributed by atoms with Gasteiger partial charge in [0, 0.05) is 19.3 Å². The summed E-state index contributed by atoms with van der Waals surface area (Å²) < 4.78 is 16.9. The van der Waals surface area contributed by atoms with Crippen LogP contribution in [-0.4, -0.2) is 37.2 Å². The number of unbranched alkanes of at least 4 members (excludes halogenated alkanes) is 44. The molecule has 0 N–H and O–H groups in total. The zero-order chi connectivity index (χ0) is 57.8. The molecule has 0 heterocycles. The zero-order valence-electron chi connectivity index (χ0n) is 53.6. The fraction of sp³-hybridized carbons (Fsp3) is 0.824. The molecule has 0 fully saturated rings. The van der Waals surface area contributed by atoms with E-state index in [0.717, 1.165) is 77.0 Å². The van der Waals surface area contributed by atoms with Crippen molar-refractivity contribution in [3.63, 3.8) is 0 Å². The monoisotopic (exact) mass is 1120 g/mol. The highest BCUT2D eigenvalue weighted by Crippen LogP contribution is 2.18. The molecule has 0 aromatic rings. The van der Waals surface area contributed by atoms with Gasteiger partial charge in [-0.1, -0.05) is 326 Å². The van der Waals surface area contributed by atoms with Crippen molar-refractivity contribution in [2.24, 2.45) is 0 Å². The molecule has 0 saturated carbocycles. The fourth-order valence-electron chi connectivity index (χ4n) is 10.4. The number of rotatable bonds is 65. The highest BCUT2D eigenvalue weighted by Gasteiger charge is 2.19. The molecule has 1 atom stereocenters. The highest BCUT2D eigenvalue weighted by atomic mass is 16.6. The molecule has 0 amide bonds. The summed E-state index contributed by atoms with van der Waals surface area (Å²) in [5.41, 5.74) is 0. The van der Waals surface area contributed by atoms with Gasteiger partial charge in [-0.15, -0.1) is 0 Å². The number of esters is 3. The predicted octanol–water partition coefficient (Wildman–Crippen LogP) is 24.3. The summed E-state index contributed by atoms with van der Waals surface area (Å²) >= 11 is 0. The second-order valence-electron chi connectivity index (χ2n) is 23.8. The molecule has 0 aromatic heterocycles. The van der Waals surface area contributed by atoms with Crippen LogP contribution in [-0.2, 0) is 28.6 Å². The third-order valence-corrected chi connectivity index (χ3v) is 15.7. The lowest BCUT2D eigenvalue weighted by Crippen LogP contribution is -2.30. The van der Waals surface area contributed by atoms with E-state index in [9.17, 15) is 14.4 Å². The molecular formula is C74H134O6.